The number of fused-ring (bicyclic) bond motifs is 1. The Kier molecular flexibility index (Phi) is 6.09. The minimum atomic E-state index is -3.99. The predicted molar refractivity (Wildman–Crippen MR) is 127 cm³/mol. The Morgan fingerprint density at radius 3 is 2.09 bits per heavy atom. The second-order valence-corrected chi connectivity index (χ2v) is 8.73. The van der Waals surface area contributed by atoms with Gasteiger partial charge in [-0.05, 0) is 48.5 Å². The van der Waals surface area contributed by atoms with E-state index in [4.69, 9.17) is 4.74 Å². The second-order valence-electron chi connectivity index (χ2n) is 7.05. The van der Waals surface area contributed by atoms with Crippen LogP contribution in [0.25, 0.3) is 11.0 Å². The summed E-state index contributed by atoms with van der Waals surface area (Å²) in [6.07, 6.45) is 0. The molecule has 1 aromatic heterocycles. The minimum absolute atomic E-state index is 0.00908. The number of rotatable bonds is 7. The number of hydrogen-bond acceptors (Lipinski definition) is 7. The molecule has 0 atom stereocenters. The first kappa shape index (κ1) is 22.0. The number of nitrogens with zero attached hydrogens (tertiary/aromatic N) is 2. The van der Waals surface area contributed by atoms with Gasteiger partial charge in [0, 0.05) is 12.6 Å². The van der Waals surface area contributed by atoms with Crippen molar-refractivity contribution >= 4 is 50.0 Å². The predicted octanol–water partition coefficient (Wildman–Crippen LogP) is 4.14. The van der Waals surface area contributed by atoms with Crippen molar-refractivity contribution in [3.8, 4) is 5.75 Å². The number of aromatic nitrogens is 2. The number of sulfonamides is 1. The van der Waals surface area contributed by atoms with Gasteiger partial charge in [-0.3, -0.25) is 9.52 Å². The van der Waals surface area contributed by atoms with Gasteiger partial charge in [-0.2, -0.15) is 0 Å². The summed E-state index contributed by atoms with van der Waals surface area (Å²) in [7, 11) is -2.45. The van der Waals surface area contributed by atoms with Crippen LogP contribution in [0.15, 0.2) is 77.7 Å². The maximum Gasteiger partial charge on any atom is 0.263 e. The molecule has 4 rings (SSSR count). The van der Waals surface area contributed by atoms with Crippen LogP contribution in [0, 0.1) is 0 Å². The zero-order chi connectivity index (χ0) is 23.4. The number of ether oxygens (including phenoxy) is 1. The monoisotopic (exact) mass is 463 g/mol. The largest absolute Gasteiger partial charge is 0.495 e. The van der Waals surface area contributed by atoms with E-state index in [-0.39, 0.29) is 22.4 Å². The fourth-order valence-corrected chi connectivity index (χ4v) is 4.15. The lowest BCUT2D eigenvalue weighted by molar-refractivity contribution is -0.114. The lowest BCUT2D eigenvalue weighted by atomic mass is 10.3. The van der Waals surface area contributed by atoms with Crippen molar-refractivity contribution in [2.75, 3.05) is 22.5 Å². The summed E-state index contributed by atoms with van der Waals surface area (Å²) < 4.78 is 34.1. The first-order valence-corrected chi connectivity index (χ1v) is 11.4. The number of amides is 1. The Morgan fingerprint density at radius 1 is 0.848 bits per heavy atom. The molecule has 4 aromatic rings. The highest BCUT2D eigenvalue weighted by atomic mass is 32.2. The van der Waals surface area contributed by atoms with Gasteiger partial charge >= 0.3 is 0 Å². The molecular formula is C23H21N5O4S. The van der Waals surface area contributed by atoms with Crippen LogP contribution in [-0.2, 0) is 14.8 Å². The topological polar surface area (TPSA) is 122 Å². The lowest BCUT2D eigenvalue weighted by Crippen LogP contribution is -2.16. The molecular weight excluding hydrogens is 442 g/mol. The van der Waals surface area contributed by atoms with E-state index in [1.165, 1.54) is 31.2 Å². The molecule has 168 valence electrons. The van der Waals surface area contributed by atoms with Crippen molar-refractivity contribution < 1.29 is 17.9 Å². The molecule has 0 aliphatic carbocycles. The van der Waals surface area contributed by atoms with Crippen molar-refractivity contribution in [3.05, 3.63) is 72.8 Å². The van der Waals surface area contributed by atoms with Crippen LogP contribution >= 0.6 is 0 Å². The molecule has 3 aromatic carbocycles. The van der Waals surface area contributed by atoms with Gasteiger partial charge in [-0.15, -0.1) is 0 Å². The number of benzene rings is 3. The summed E-state index contributed by atoms with van der Waals surface area (Å²) >= 11 is 0. The molecule has 10 heteroatoms. The van der Waals surface area contributed by atoms with Crippen LogP contribution in [0.4, 0.5) is 23.0 Å². The van der Waals surface area contributed by atoms with E-state index in [0.29, 0.717) is 28.2 Å². The Hall–Kier alpha value is -4.18. The van der Waals surface area contributed by atoms with Gasteiger partial charge < -0.3 is 15.4 Å². The molecule has 0 radical (unpaired) electrons. The van der Waals surface area contributed by atoms with Gasteiger partial charge in [0.05, 0.1) is 28.7 Å². The molecule has 33 heavy (non-hydrogen) atoms. The second kappa shape index (κ2) is 9.13. The minimum Gasteiger partial charge on any atom is -0.495 e. The molecule has 9 nitrogen and oxygen atoms in total. The van der Waals surface area contributed by atoms with Crippen molar-refractivity contribution in [1.29, 1.82) is 0 Å². The average Bonchev–Trinajstić information content (AvgIpc) is 2.79. The third-order valence-corrected chi connectivity index (χ3v) is 6.00. The first-order chi connectivity index (χ1) is 15.9. The SMILES string of the molecule is COc1ccccc1Nc1nc2ccccc2nc1NS(=O)(=O)c1ccc(NC(C)=O)cc1. The summed E-state index contributed by atoms with van der Waals surface area (Å²) in [5, 5.41) is 5.72. The molecule has 0 bridgehead atoms. The maximum atomic E-state index is 13.1. The third-order valence-electron chi connectivity index (χ3n) is 4.65. The smallest absolute Gasteiger partial charge is 0.263 e. The fourth-order valence-electron chi connectivity index (χ4n) is 3.14. The number of carbonyl (C=O) groups is 1. The lowest BCUT2D eigenvalue weighted by Gasteiger charge is -2.15. The van der Waals surface area contributed by atoms with Crippen LogP contribution in [0.3, 0.4) is 0 Å². The number of anilines is 4. The van der Waals surface area contributed by atoms with E-state index in [0.717, 1.165) is 0 Å². The normalized spacial score (nSPS) is 11.1. The van der Waals surface area contributed by atoms with Gasteiger partial charge in [-0.1, -0.05) is 24.3 Å². The van der Waals surface area contributed by atoms with E-state index in [9.17, 15) is 13.2 Å². The molecule has 0 aliphatic heterocycles. The zero-order valence-electron chi connectivity index (χ0n) is 17.9. The van der Waals surface area contributed by atoms with Crippen molar-refractivity contribution in [2.24, 2.45) is 0 Å². The third kappa shape index (κ3) is 5.01. The van der Waals surface area contributed by atoms with E-state index in [2.05, 4.69) is 25.3 Å². The van der Waals surface area contributed by atoms with Crippen LogP contribution in [0.5, 0.6) is 5.75 Å². The van der Waals surface area contributed by atoms with Crippen LogP contribution in [0.1, 0.15) is 6.92 Å². The van der Waals surface area contributed by atoms with E-state index in [1.807, 2.05) is 18.2 Å². The summed E-state index contributed by atoms with van der Waals surface area (Å²) in [4.78, 5) is 20.3. The molecule has 0 aliphatic rings. The van der Waals surface area contributed by atoms with Gasteiger partial charge in [0.15, 0.2) is 11.6 Å². The number of methoxy groups -OCH3 is 1. The summed E-state index contributed by atoms with van der Waals surface area (Å²) in [6.45, 7) is 1.38. The number of hydrogen-bond donors (Lipinski definition) is 3. The Balaban J connectivity index is 1.72. The number of para-hydroxylation sites is 4. The quantitative estimate of drug-likeness (QED) is 0.376. The zero-order valence-corrected chi connectivity index (χ0v) is 18.7. The molecule has 0 spiro atoms. The molecule has 0 saturated carbocycles. The summed E-state index contributed by atoms with van der Waals surface area (Å²) in [5.74, 6) is 0.569. The molecule has 1 amide bonds. The standard InChI is InChI=1S/C23H21N5O4S/c1-15(29)24-16-11-13-17(14-12-16)33(30,31)28-23-22(25-18-7-3-4-8-19(18)26-23)27-20-9-5-6-10-21(20)32-2/h3-14H,1-2H3,(H,24,29)(H,25,27)(H,26,28). The van der Waals surface area contributed by atoms with Gasteiger partial charge in [0.2, 0.25) is 5.91 Å². The molecule has 3 N–H and O–H groups in total. The highest BCUT2D eigenvalue weighted by Gasteiger charge is 2.20. The van der Waals surface area contributed by atoms with Gasteiger partial charge in [-0.25, -0.2) is 18.4 Å². The Labute approximate surface area is 190 Å². The average molecular weight is 464 g/mol. The summed E-state index contributed by atoms with van der Waals surface area (Å²) in [6, 6.07) is 20.2. The van der Waals surface area contributed by atoms with Crippen LogP contribution < -0.4 is 20.1 Å². The maximum absolute atomic E-state index is 13.1. The van der Waals surface area contributed by atoms with E-state index >= 15 is 0 Å². The van der Waals surface area contributed by atoms with Crippen molar-refractivity contribution in [2.45, 2.75) is 11.8 Å². The molecule has 0 saturated heterocycles. The molecule has 0 unspecified atom stereocenters. The van der Waals surface area contributed by atoms with Gasteiger partial charge in [0.25, 0.3) is 10.0 Å². The number of carbonyl (C=O) groups excluding carboxylic acids is 1. The highest BCUT2D eigenvalue weighted by Crippen LogP contribution is 2.31. The molecule has 1 heterocycles. The highest BCUT2D eigenvalue weighted by molar-refractivity contribution is 7.92. The van der Waals surface area contributed by atoms with E-state index < -0.39 is 10.0 Å². The Morgan fingerprint density at radius 2 is 1.45 bits per heavy atom. The van der Waals surface area contributed by atoms with Crippen molar-refractivity contribution in [1.82, 2.24) is 9.97 Å². The molecule has 0 fully saturated rings. The van der Waals surface area contributed by atoms with Gasteiger partial charge in [0.1, 0.15) is 5.75 Å². The van der Waals surface area contributed by atoms with Crippen LogP contribution in [-0.4, -0.2) is 31.4 Å². The number of nitrogens with one attached hydrogen (secondary N) is 3. The van der Waals surface area contributed by atoms with Crippen LogP contribution in [0.2, 0.25) is 0 Å². The summed E-state index contributed by atoms with van der Waals surface area (Å²) in [5.41, 5.74) is 2.22. The Bertz CT molecular complexity index is 1420. The fraction of sp³-hybridized carbons (Fsp3) is 0.0870. The van der Waals surface area contributed by atoms with E-state index in [1.54, 1.807) is 37.4 Å². The first-order valence-electron chi connectivity index (χ1n) is 9.93. The van der Waals surface area contributed by atoms with Crippen molar-refractivity contribution in [3.63, 3.8) is 0 Å².